The molecule has 36 heavy (non-hydrogen) atoms. The Morgan fingerprint density at radius 3 is 2.19 bits per heavy atom. The summed E-state index contributed by atoms with van der Waals surface area (Å²) in [6, 6.07) is 29.2. The third-order valence-corrected chi connectivity index (χ3v) is 10.6. The molecule has 5 aliphatic carbocycles. The summed E-state index contributed by atoms with van der Waals surface area (Å²) in [5.41, 5.74) is 10.4. The fourth-order valence-corrected chi connectivity index (χ4v) is 9.54. The molecule has 5 aromatic rings. The lowest BCUT2D eigenvalue weighted by Gasteiger charge is -2.61. The van der Waals surface area contributed by atoms with E-state index in [1.807, 2.05) is 12.1 Å². The molecule has 1 spiro atoms. The third-order valence-electron chi connectivity index (χ3n) is 10.3. The summed E-state index contributed by atoms with van der Waals surface area (Å²) >= 11 is 6.82. The Bertz CT molecular complexity index is 1690. The molecule has 4 saturated carbocycles. The van der Waals surface area contributed by atoms with Gasteiger partial charge in [-0.1, -0.05) is 66.2 Å². The van der Waals surface area contributed by atoms with Crippen molar-refractivity contribution >= 4 is 33.5 Å². The summed E-state index contributed by atoms with van der Waals surface area (Å²) in [5, 5.41) is 2.91. The maximum absolute atomic E-state index is 6.82. The Hall–Kier alpha value is -3.03. The maximum Gasteiger partial charge on any atom is 0.154 e. The zero-order valence-electron chi connectivity index (χ0n) is 20.1. The van der Waals surface area contributed by atoms with Gasteiger partial charge in [0.05, 0.1) is 5.02 Å². The molecule has 10 rings (SSSR count). The Labute approximate surface area is 216 Å². The van der Waals surface area contributed by atoms with Crippen molar-refractivity contribution in [2.75, 3.05) is 0 Å². The van der Waals surface area contributed by atoms with Crippen molar-refractivity contribution in [3.05, 3.63) is 95.0 Å². The number of hydrogen-bond acceptors (Lipinski definition) is 1. The molecule has 5 aliphatic rings. The van der Waals surface area contributed by atoms with Gasteiger partial charge in [0, 0.05) is 16.2 Å². The standard InChI is InChI=1S/C34H27ClO/c35-31-18-22(16-28-27-6-2-4-8-32(27)36-33(28)31)21-9-10-26-25-5-1-3-7-29(25)34(30(26)17-21)23-12-19-11-20(14-23)15-24(34)13-19/h1-10,16-20,23-24H,11-15H2. The highest BCUT2D eigenvalue weighted by Crippen LogP contribution is 2.69. The molecule has 0 unspecified atom stereocenters. The number of benzene rings is 4. The minimum Gasteiger partial charge on any atom is -0.454 e. The number of para-hydroxylation sites is 1. The first-order valence-corrected chi connectivity index (χ1v) is 13.9. The van der Waals surface area contributed by atoms with Crippen LogP contribution in [0.5, 0.6) is 0 Å². The van der Waals surface area contributed by atoms with Crippen molar-refractivity contribution in [2.24, 2.45) is 23.7 Å². The summed E-state index contributed by atoms with van der Waals surface area (Å²) in [6.45, 7) is 0. The molecule has 0 atom stereocenters. The van der Waals surface area contributed by atoms with Gasteiger partial charge in [0.25, 0.3) is 0 Å². The predicted molar refractivity (Wildman–Crippen MR) is 147 cm³/mol. The second-order valence-electron chi connectivity index (χ2n) is 11.9. The van der Waals surface area contributed by atoms with Gasteiger partial charge < -0.3 is 4.42 Å². The predicted octanol–water partition coefficient (Wildman–Crippen LogP) is 9.63. The highest BCUT2D eigenvalue weighted by atomic mass is 35.5. The van der Waals surface area contributed by atoms with E-state index in [0.29, 0.717) is 5.02 Å². The smallest absolute Gasteiger partial charge is 0.154 e. The van der Waals surface area contributed by atoms with E-state index >= 15 is 0 Å². The Balaban J connectivity index is 1.28. The Kier molecular flexibility index (Phi) is 3.81. The molecular weight excluding hydrogens is 460 g/mol. The summed E-state index contributed by atoms with van der Waals surface area (Å²) < 4.78 is 6.11. The van der Waals surface area contributed by atoms with Gasteiger partial charge in [-0.3, -0.25) is 0 Å². The molecule has 4 bridgehead atoms. The van der Waals surface area contributed by atoms with Gasteiger partial charge in [-0.05, 0) is 113 Å². The fraction of sp³-hybridized carbons (Fsp3) is 0.294. The molecule has 1 aromatic heterocycles. The van der Waals surface area contributed by atoms with Gasteiger partial charge in [-0.2, -0.15) is 0 Å². The van der Waals surface area contributed by atoms with Crippen molar-refractivity contribution in [1.29, 1.82) is 0 Å². The van der Waals surface area contributed by atoms with Crippen LogP contribution in [0.1, 0.15) is 43.2 Å². The van der Waals surface area contributed by atoms with E-state index in [4.69, 9.17) is 16.0 Å². The third kappa shape index (κ3) is 2.39. The summed E-state index contributed by atoms with van der Waals surface area (Å²) in [6.07, 6.45) is 7.11. The molecule has 0 aliphatic heterocycles. The van der Waals surface area contributed by atoms with Crippen molar-refractivity contribution in [3.8, 4) is 22.3 Å². The van der Waals surface area contributed by atoms with Gasteiger partial charge in [0.1, 0.15) is 5.58 Å². The van der Waals surface area contributed by atoms with Crippen molar-refractivity contribution in [3.63, 3.8) is 0 Å². The van der Waals surface area contributed by atoms with Crippen molar-refractivity contribution in [1.82, 2.24) is 0 Å². The van der Waals surface area contributed by atoms with Gasteiger partial charge in [-0.15, -0.1) is 0 Å². The van der Waals surface area contributed by atoms with Crippen LogP contribution in [0, 0.1) is 23.7 Å². The number of furan rings is 1. The van der Waals surface area contributed by atoms with Gasteiger partial charge in [0.15, 0.2) is 5.58 Å². The van der Waals surface area contributed by atoms with E-state index in [1.165, 1.54) is 54.4 Å². The van der Waals surface area contributed by atoms with E-state index in [-0.39, 0.29) is 5.41 Å². The van der Waals surface area contributed by atoms with Crippen molar-refractivity contribution in [2.45, 2.75) is 37.5 Å². The molecule has 2 heteroatoms. The summed E-state index contributed by atoms with van der Waals surface area (Å²) in [4.78, 5) is 0. The van der Waals surface area contributed by atoms with Crippen LogP contribution in [0.4, 0.5) is 0 Å². The zero-order valence-corrected chi connectivity index (χ0v) is 20.9. The normalized spacial score (nSPS) is 29.4. The summed E-state index contributed by atoms with van der Waals surface area (Å²) in [7, 11) is 0. The topological polar surface area (TPSA) is 13.1 Å². The van der Waals surface area contributed by atoms with Crippen molar-refractivity contribution < 1.29 is 4.42 Å². The van der Waals surface area contributed by atoms with Gasteiger partial charge in [0.2, 0.25) is 0 Å². The molecule has 4 fully saturated rings. The molecule has 176 valence electrons. The Morgan fingerprint density at radius 2 is 1.36 bits per heavy atom. The van der Waals surface area contributed by atoms with Crippen LogP contribution in [-0.2, 0) is 5.41 Å². The van der Waals surface area contributed by atoms with Gasteiger partial charge >= 0.3 is 0 Å². The largest absolute Gasteiger partial charge is 0.454 e. The minimum absolute atomic E-state index is 0.186. The maximum atomic E-state index is 6.82. The number of halogens is 1. The number of rotatable bonds is 1. The van der Waals surface area contributed by atoms with Crippen LogP contribution < -0.4 is 0 Å². The van der Waals surface area contributed by atoms with Crippen LogP contribution in [-0.4, -0.2) is 0 Å². The SMILES string of the molecule is Clc1cc(-c2ccc3c(c2)C2(c4ccccc4-3)C3CC4CC(C3)CC2C4)cc2c1oc1ccccc12. The quantitative estimate of drug-likeness (QED) is 0.230. The van der Waals surface area contributed by atoms with Crippen LogP contribution in [0.25, 0.3) is 44.2 Å². The second-order valence-corrected chi connectivity index (χ2v) is 12.3. The molecule has 0 radical (unpaired) electrons. The van der Waals surface area contributed by atoms with Gasteiger partial charge in [-0.25, -0.2) is 0 Å². The monoisotopic (exact) mass is 486 g/mol. The van der Waals surface area contributed by atoms with E-state index in [1.54, 1.807) is 11.1 Å². The minimum atomic E-state index is 0.186. The second kappa shape index (κ2) is 6.84. The van der Waals surface area contributed by atoms with E-state index in [9.17, 15) is 0 Å². The van der Waals surface area contributed by atoms with Crippen LogP contribution in [0.3, 0.4) is 0 Å². The lowest BCUT2D eigenvalue weighted by molar-refractivity contribution is -0.0399. The number of hydrogen-bond donors (Lipinski definition) is 0. The first-order valence-electron chi connectivity index (χ1n) is 13.6. The van der Waals surface area contributed by atoms with Crippen LogP contribution >= 0.6 is 11.6 Å². The van der Waals surface area contributed by atoms with Crippen LogP contribution in [0.2, 0.25) is 5.02 Å². The first-order chi connectivity index (χ1) is 17.7. The average molecular weight is 487 g/mol. The van der Waals surface area contributed by atoms with E-state index in [0.717, 1.165) is 45.6 Å². The Morgan fingerprint density at radius 1 is 0.639 bits per heavy atom. The highest BCUT2D eigenvalue weighted by molar-refractivity contribution is 6.36. The average Bonchev–Trinajstić information content (AvgIpc) is 3.41. The molecule has 1 nitrogen and oxygen atoms in total. The molecule has 0 N–H and O–H groups in total. The molecule has 0 amide bonds. The van der Waals surface area contributed by atoms with Crippen LogP contribution in [0.15, 0.2) is 83.3 Å². The summed E-state index contributed by atoms with van der Waals surface area (Å²) in [5.74, 6) is 3.45. The molecule has 4 aromatic carbocycles. The first kappa shape index (κ1) is 20.1. The number of fused-ring (bicyclic) bond motifs is 6. The molecular formula is C34H27ClO. The molecule has 0 saturated heterocycles. The fourth-order valence-electron chi connectivity index (χ4n) is 9.28. The molecule has 1 heterocycles. The lowest BCUT2D eigenvalue weighted by atomic mass is 9.43. The van der Waals surface area contributed by atoms with E-state index < -0.39 is 0 Å². The zero-order chi connectivity index (χ0) is 23.6. The lowest BCUT2D eigenvalue weighted by Crippen LogP contribution is -2.55. The van der Waals surface area contributed by atoms with E-state index in [2.05, 4.69) is 66.7 Å². The highest BCUT2D eigenvalue weighted by Gasteiger charge is 2.61.